The number of nitriles is 1. The van der Waals surface area contributed by atoms with E-state index in [1.54, 1.807) is 19.9 Å². The molecule has 37 heavy (non-hydrogen) atoms. The van der Waals surface area contributed by atoms with E-state index >= 15 is 0 Å². The predicted octanol–water partition coefficient (Wildman–Crippen LogP) is 3.14. The fraction of sp³-hybridized carbons (Fsp3) is 0.259. The summed E-state index contributed by atoms with van der Waals surface area (Å²) < 4.78 is 0. The van der Waals surface area contributed by atoms with Crippen LogP contribution in [0.2, 0.25) is 0 Å². The van der Waals surface area contributed by atoms with Crippen LogP contribution in [0.5, 0.6) is 5.88 Å². The van der Waals surface area contributed by atoms with Crippen molar-refractivity contribution in [3.05, 3.63) is 76.7 Å². The molecule has 190 valence electrons. The Morgan fingerprint density at radius 3 is 2.35 bits per heavy atom. The summed E-state index contributed by atoms with van der Waals surface area (Å²) in [6, 6.07) is 15.2. The molecule has 2 amide bonds. The van der Waals surface area contributed by atoms with Crippen LogP contribution in [0.3, 0.4) is 0 Å². The predicted molar refractivity (Wildman–Crippen MR) is 135 cm³/mol. The third-order valence-corrected chi connectivity index (χ3v) is 5.91. The Morgan fingerprint density at radius 2 is 1.78 bits per heavy atom. The van der Waals surface area contributed by atoms with Crippen LogP contribution < -0.4 is 10.6 Å². The Labute approximate surface area is 214 Å². The number of aromatic nitrogens is 2. The number of hydrogen-bond donors (Lipinski definition) is 4. The van der Waals surface area contributed by atoms with Crippen LogP contribution >= 0.6 is 0 Å². The number of amides is 2. The van der Waals surface area contributed by atoms with Crippen molar-refractivity contribution in [3.8, 4) is 23.1 Å². The lowest BCUT2D eigenvalue weighted by molar-refractivity contribution is -0.140. The summed E-state index contributed by atoms with van der Waals surface area (Å²) in [5, 5.41) is 33.4. The third-order valence-electron chi connectivity index (χ3n) is 5.91. The first kappa shape index (κ1) is 26.8. The number of carboxylic acid groups (broad SMARTS) is 1. The fourth-order valence-corrected chi connectivity index (χ4v) is 3.60. The van der Waals surface area contributed by atoms with Crippen LogP contribution in [-0.2, 0) is 10.3 Å². The highest BCUT2D eigenvalue weighted by Crippen LogP contribution is 2.28. The van der Waals surface area contributed by atoms with Gasteiger partial charge in [0.2, 0.25) is 11.7 Å². The van der Waals surface area contributed by atoms with Gasteiger partial charge in [0, 0.05) is 12.7 Å². The monoisotopic (exact) mass is 501 g/mol. The van der Waals surface area contributed by atoms with Gasteiger partial charge in [-0.3, -0.25) is 14.4 Å². The molecule has 2 aromatic carbocycles. The van der Waals surface area contributed by atoms with Gasteiger partial charge in [-0.1, -0.05) is 37.3 Å². The molecule has 0 radical (unpaired) electrons. The fourth-order valence-electron chi connectivity index (χ4n) is 3.60. The Kier molecular flexibility index (Phi) is 7.88. The summed E-state index contributed by atoms with van der Waals surface area (Å²) in [7, 11) is 0. The van der Waals surface area contributed by atoms with E-state index in [9.17, 15) is 19.5 Å². The number of rotatable bonds is 8. The molecular weight excluding hydrogens is 474 g/mol. The smallest absolute Gasteiger partial charge is 0.308 e. The normalized spacial score (nSPS) is 11.8. The van der Waals surface area contributed by atoms with E-state index in [4.69, 9.17) is 10.4 Å². The number of nitrogens with one attached hydrogen (secondary N) is 2. The Hall–Kier alpha value is -4.78. The van der Waals surface area contributed by atoms with Crippen molar-refractivity contribution in [2.24, 2.45) is 5.92 Å². The van der Waals surface area contributed by atoms with Gasteiger partial charge in [0.25, 0.3) is 11.8 Å². The molecule has 0 saturated heterocycles. The van der Waals surface area contributed by atoms with Crippen molar-refractivity contribution in [1.29, 1.82) is 5.26 Å². The molecule has 1 unspecified atom stereocenters. The quantitative estimate of drug-likeness (QED) is 0.365. The van der Waals surface area contributed by atoms with E-state index in [1.807, 2.05) is 43.3 Å². The zero-order valence-corrected chi connectivity index (χ0v) is 20.9. The third kappa shape index (κ3) is 6.27. The summed E-state index contributed by atoms with van der Waals surface area (Å²) in [4.78, 5) is 43.4. The summed E-state index contributed by atoms with van der Waals surface area (Å²) in [5.74, 6) is -4.36. The lowest BCUT2D eigenvalue weighted by Gasteiger charge is -2.27. The number of carbonyl (C=O) groups excluding carboxylic acids is 2. The number of aliphatic carboxylic acids is 1. The van der Waals surface area contributed by atoms with E-state index in [2.05, 4.69) is 26.7 Å². The molecule has 4 N–H and O–H groups in total. The molecule has 10 heteroatoms. The van der Waals surface area contributed by atoms with Crippen LogP contribution in [0.15, 0.2) is 48.7 Å². The van der Waals surface area contributed by atoms with Gasteiger partial charge >= 0.3 is 5.97 Å². The van der Waals surface area contributed by atoms with E-state index < -0.39 is 35.1 Å². The average Bonchev–Trinajstić information content (AvgIpc) is 2.86. The molecule has 1 aromatic heterocycles. The van der Waals surface area contributed by atoms with Crippen molar-refractivity contribution in [2.75, 3.05) is 6.54 Å². The van der Waals surface area contributed by atoms with Gasteiger partial charge in [0.15, 0.2) is 0 Å². The molecule has 0 aliphatic carbocycles. The maximum atomic E-state index is 12.9. The average molecular weight is 502 g/mol. The molecule has 0 saturated carbocycles. The van der Waals surface area contributed by atoms with Crippen molar-refractivity contribution in [1.82, 2.24) is 20.6 Å². The van der Waals surface area contributed by atoms with E-state index in [0.717, 1.165) is 28.5 Å². The van der Waals surface area contributed by atoms with Gasteiger partial charge in [-0.25, -0.2) is 4.98 Å². The maximum Gasteiger partial charge on any atom is 0.308 e. The molecule has 0 fully saturated rings. The number of carbonyl (C=O) groups is 3. The highest BCUT2D eigenvalue weighted by atomic mass is 16.4. The van der Waals surface area contributed by atoms with Gasteiger partial charge in [-0.2, -0.15) is 10.2 Å². The highest BCUT2D eigenvalue weighted by molar-refractivity contribution is 5.97. The lowest BCUT2D eigenvalue weighted by atomic mass is 9.91. The van der Waals surface area contributed by atoms with E-state index in [-0.39, 0.29) is 17.9 Å². The summed E-state index contributed by atoms with van der Waals surface area (Å²) in [6.45, 7) is 6.83. The molecule has 0 bridgehead atoms. The summed E-state index contributed by atoms with van der Waals surface area (Å²) in [5.41, 5.74) is 3.29. The van der Waals surface area contributed by atoms with Gasteiger partial charge < -0.3 is 20.8 Å². The zero-order chi connectivity index (χ0) is 27.3. The molecule has 1 atom stereocenters. The SMILES string of the molecule is Cc1cc(C#N)ccc1-c1ccc(C(C)(C)NC(=O)c2cnc(C(=O)NCC(C)C(=O)O)nc2O)cc1. The van der Waals surface area contributed by atoms with Gasteiger partial charge in [0.05, 0.1) is 23.1 Å². The van der Waals surface area contributed by atoms with Crippen LogP contribution in [0.4, 0.5) is 0 Å². The second kappa shape index (κ2) is 10.9. The Balaban J connectivity index is 1.72. The summed E-state index contributed by atoms with van der Waals surface area (Å²) in [6.07, 6.45) is 1.04. The Morgan fingerprint density at radius 1 is 1.11 bits per heavy atom. The first-order chi connectivity index (χ1) is 17.4. The number of nitrogens with zero attached hydrogens (tertiary/aromatic N) is 3. The minimum atomic E-state index is -1.07. The molecule has 0 spiro atoms. The molecule has 3 aromatic rings. The lowest BCUT2D eigenvalue weighted by Crippen LogP contribution is -2.41. The number of aromatic hydroxyl groups is 1. The second-order valence-electron chi connectivity index (χ2n) is 9.18. The Bertz CT molecular complexity index is 1390. The van der Waals surface area contributed by atoms with Crippen LogP contribution in [-0.4, -0.2) is 44.5 Å². The van der Waals surface area contributed by atoms with Crippen molar-refractivity contribution in [3.63, 3.8) is 0 Å². The largest absolute Gasteiger partial charge is 0.493 e. The van der Waals surface area contributed by atoms with Gasteiger partial charge in [-0.05, 0) is 55.2 Å². The molecule has 0 aliphatic rings. The molecule has 10 nitrogen and oxygen atoms in total. The number of benzene rings is 2. The van der Waals surface area contributed by atoms with Gasteiger partial charge in [0.1, 0.15) is 5.56 Å². The standard InChI is InChI=1S/C27H27N5O5/c1-15-11-17(12-28)5-10-20(15)18-6-8-19(9-7-18)27(3,4)32-24(34)21-14-29-22(31-23(21)33)25(35)30-13-16(2)26(36)37/h5-11,14,16H,13H2,1-4H3,(H,30,35)(H,32,34)(H,36,37)(H,29,31,33). The van der Waals surface area contributed by atoms with Crippen molar-refractivity contribution < 1.29 is 24.6 Å². The highest BCUT2D eigenvalue weighted by Gasteiger charge is 2.26. The second-order valence-corrected chi connectivity index (χ2v) is 9.18. The number of aryl methyl sites for hydroxylation is 1. The van der Waals surface area contributed by atoms with E-state index in [1.165, 1.54) is 6.92 Å². The van der Waals surface area contributed by atoms with Crippen LogP contribution in [0.25, 0.3) is 11.1 Å². The maximum absolute atomic E-state index is 12.9. The van der Waals surface area contributed by atoms with Gasteiger partial charge in [-0.15, -0.1) is 0 Å². The van der Waals surface area contributed by atoms with E-state index in [0.29, 0.717) is 5.56 Å². The molecule has 1 heterocycles. The first-order valence-corrected chi connectivity index (χ1v) is 11.4. The first-order valence-electron chi connectivity index (χ1n) is 11.4. The zero-order valence-electron chi connectivity index (χ0n) is 20.9. The molecule has 0 aliphatic heterocycles. The van der Waals surface area contributed by atoms with Crippen LogP contribution in [0, 0.1) is 24.2 Å². The minimum Gasteiger partial charge on any atom is -0.493 e. The van der Waals surface area contributed by atoms with Crippen molar-refractivity contribution >= 4 is 17.8 Å². The topological polar surface area (TPSA) is 165 Å². The molecule has 3 rings (SSSR count). The summed E-state index contributed by atoms with van der Waals surface area (Å²) >= 11 is 0. The van der Waals surface area contributed by atoms with Crippen LogP contribution in [0.1, 0.15) is 58.4 Å². The minimum absolute atomic E-state index is 0.141. The molecular formula is C27H27N5O5. The van der Waals surface area contributed by atoms with Crippen molar-refractivity contribution in [2.45, 2.75) is 33.2 Å². The number of hydrogen-bond acceptors (Lipinski definition) is 7. The number of carboxylic acids is 1.